The minimum absolute atomic E-state index is 0.0882. The first-order valence-electron chi connectivity index (χ1n) is 2.75. The van der Waals surface area contributed by atoms with Gasteiger partial charge in [-0.2, -0.15) is 0 Å². The van der Waals surface area contributed by atoms with Crippen LogP contribution in [-0.2, 0) is 0 Å². The quantitative estimate of drug-likeness (QED) is 0.215. The Labute approximate surface area is 57.5 Å². The molecular formula is C4H10N4O2. The third-order valence-electron chi connectivity index (χ3n) is 1.21. The fourth-order valence-electron chi connectivity index (χ4n) is 0.659. The van der Waals surface area contributed by atoms with Crippen LogP contribution in [0.1, 0.15) is 0 Å². The van der Waals surface area contributed by atoms with Gasteiger partial charge in [0.15, 0.2) is 12.6 Å². The maximum absolute atomic E-state index is 8.94. The standard InChI is InChI=1S/C4H10N4O2/c5-1-2(6)7-4(10)8-3(1)9/h3-4,7-10H,5-6H2. The second-order valence-corrected chi connectivity index (χ2v) is 1.99. The third-order valence-corrected chi connectivity index (χ3v) is 1.21. The van der Waals surface area contributed by atoms with E-state index < -0.39 is 12.6 Å². The summed E-state index contributed by atoms with van der Waals surface area (Å²) in [5.41, 5.74) is 10.6. The van der Waals surface area contributed by atoms with Crippen LogP contribution < -0.4 is 22.1 Å². The van der Waals surface area contributed by atoms with E-state index in [0.717, 1.165) is 0 Å². The lowest BCUT2D eigenvalue weighted by Crippen LogP contribution is -2.55. The fraction of sp³-hybridized carbons (Fsp3) is 0.500. The van der Waals surface area contributed by atoms with Gasteiger partial charge in [-0.25, -0.2) is 5.32 Å². The Morgan fingerprint density at radius 3 is 2.40 bits per heavy atom. The van der Waals surface area contributed by atoms with E-state index in [1.807, 2.05) is 0 Å². The van der Waals surface area contributed by atoms with Gasteiger partial charge < -0.3 is 27.0 Å². The molecule has 0 aromatic rings. The first-order chi connectivity index (χ1) is 4.61. The Morgan fingerprint density at radius 2 is 1.90 bits per heavy atom. The molecule has 0 radical (unpaired) electrons. The molecule has 0 amide bonds. The van der Waals surface area contributed by atoms with Gasteiger partial charge in [0.05, 0.1) is 5.70 Å². The highest BCUT2D eigenvalue weighted by atomic mass is 16.3. The Morgan fingerprint density at radius 1 is 1.30 bits per heavy atom. The Bertz CT molecular complexity index is 169. The number of hydrogen-bond donors (Lipinski definition) is 6. The molecule has 0 saturated carbocycles. The van der Waals surface area contributed by atoms with Crippen molar-refractivity contribution in [3.63, 3.8) is 0 Å². The van der Waals surface area contributed by atoms with Gasteiger partial charge in [0, 0.05) is 0 Å². The van der Waals surface area contributed by atoms with Crippen molar-refractivity contribution in [2.75, 3.05) is 0 Å². The molecule has 6 heteroatoms. The molecule has 0 fully saturated rings. The molecule has 0 bridgehead atoms. The molecule has 0 spiro atoms. The Kier molecular flexibility index (Phi) is 1.66. The monoisotopic (exact) mass is 146 g/mol. The van der Waals surface area contributed by atoms with Crippen LogP contribution >= 0.6 is 0 Å². The van der Waals surface area contributed by atoms with Crippen LogP contribution in [0.3, 0.4) is 0 Å². The lowest BCUT2D eigenvalue weighted by molar-refractivity contribution is 0.0308. The van der Waals surface area contributed by atoms with Gasteiger partial charge in [-0.05, 0) is 0 Å². The van der Waals surface area contributed by atoms with Gasteiger partial charge in [0.2, 0.25) is 0 Å². The smallest absolute Gasteiger partial charge is 0.184 e. The fourth-order valence-corrected chi connectivity index (χ4v) is 0.659. The van der Waals surface area contributed by atoms with E-state index in [1.54, 1.807) is 0 Å². The van der Waals surface area contributed by atoms with E-state index in [-0.39, 0.29) is 11.5 Å². The summed E-state index contributed by atoms with van der Waals surface area (Å²) >= 11 is 0. The van der Waals surface area contributed by atoms with Gasteiger partial charge in [-0.1, -0.05) is 0 Å². The minimum atomic E-state index is -1.07. The summed E-state index contributed by atoms with van der Waals surface area (Å²) in [4.78, 5) is 0. The Balaban J connectivity index is 2.74. The largest absolute Gasteiger partial charge is 0.396 e. The second-order valence-electron chi connectivity index (χ2n) is 1.99. The highest BCUT2D eigenvalue weighted by molar-refractivity contribution is 5.12. The van der Waals surface area contributed by atoms with E-state index in [4.69, 9.17) is 21.7 Å². The van der Waals surface area contributed by atoms with Gasteiger partial charge in [0.25, 0.3) is 0 Å². The number of aliphatic hydroxyl groups is 2. The average Bonchev–Trinajstić information content (AvgIpc) is 1.82. The summed E-state index contributed by atoms with van der Waals surface area (Å²) in [5.74, 6) is 0.0961. The molecule has 58 valence electrons. The number of hydrogen-bond acceptors (Lipinski definition) is 6. The zero-order valence-corrected chi connectivity index (χ0v) is 5.20. The average molecular weight is 146 g/mol. The van der Waals surface area contributed by atoms with E-state index in [0.29, 0.717) is 0 Å². The van der Waals surface area contributed by atoms with Crippen molar-refractivity contribution in [2.24, 2.45) is 11.5 Å². The molecule has 1 aliphatic heterocycles. The summed E-state index contributed by atoms with van der Waals surface area (Å²) < 4.78 is 0. The van der Waals surface area contributed by atoms with Crippen LogP contribution in [0.25, 0.3) is 0 Å². The molecule has 0 aliphatic carbocycles. The normalized spacial score (nSPS) is 33.8. The summed E-state index contributed by atoms with van der Waals surface area (Å²) in [6.45, 7) is 0. The second kappa shape index (κ2) is 2.33. The van der Waals surface area contributed by atoms with Crippen molar-refractivity contribution < 1.29 is 10.2 Å². The Hall–Kier alpha value is -0.980. The van der Waals surface area contributed by atoms with Crippen molar-refractivity contribution >= 4 is 0 Å². The van der Waals surface area contributed by atoms with E-state index in [9.17, 15) is 0 Å². The van der Waals surface area contributed by atoms with Gasteiger partial charge in [-0.15, -0.1) is 0 Å². The van der Waals surface area contributed by atoms with Crippen molar-refractivity contribution in [1.82, 2.24) is 10.6 Å². The molecule has 1 aliphatic rings. The molecule has 1 heterocycles. The zero-order valence-electron chi connectivity index (χ0n) is 5.20. The predicted octanol–water partition coefficient (Wildman–Crippen LogP) is -3.14. The molecule has 8 N–H and O–H groups in total. The van der Waals surface area contributed by atoms with Crippen molar-refractivity contribution in [3.8, 4) is 0 Å². The zero-order chi connectivity index (χ0) is 7.72. The summed E-state index contributed by atoms with van der Waals surface area (Å²) in [7, 11) is 0. The van der Waals surface area contributed by atoms with Gasteiger partial charge in [0.1, 0.15) is 5.82 Å². The van der Waals surface area contributed by atoms with Crippen LogP contribution in [-0.4, -0.2) is 22.8 Å². The molecular weight excluding hydrogens is 136 g/mol. The summed E-state index contributed by atoms with van der Waals surface area (Å²) in [5, 5.41) is 22.4. The molecule has 0 aromatic carbocycles. The van der Waals surface area contributed by atoms with Gasteiger partial charge in [-0.3, -0.25) is 0 Å². The summed E-state index contributed by atoms with van der Waals surface area (Å²) in [6, 6.07) is 0. The molecule has 2 atom stereocenters. The highest BCUT2D eigenvalue weighted by Crippen LogP contribution is 1.99. The molecule has 0 saturated heterocycles. The lowest BCUT2D eigenvalue weighted by atomic mass is 10.3. The first-order valence-corrected chi connectivity index (χ1v) is 2.75. The van der Waals surface area contributed by atoms with Gasteiger partial charge >= 0.3 is 0 Å². The van der Waals surface area contributed by atoms with Crippen LogP contribution in [0.2, 0.25) is 0 Å². The topological polar surface area (TPSA) is 117 Å². The maximum atomic E-state index is 8.94. The van der Waals surface area contributed by atoms with Crippen LogP contribution in [0, 0.1) is 0 Å². The number of aliphatic hydroxyl groups excluding tert-OH is 2. The number of rotatable bonds is 0. The van der Waals surface area contributed by atoms with E-state index in [2.05, 4.69) is 10.6 Å². The first kappa shape index (κ1) is 7.13. The van der Waals surface area contributed by atoms with Crippen molar-refractivity contribution in [1.29, 1.82) is 0 Å². The SMILES string of the molecule is NC1=C(N)C(O)NC(O)N1. The molecule has 10 heavy (non-hydrogen) atoms. The summed E-state index contributed by atoms with van der Waals surface area (Å²) in [6.07, 6.45) is -2.11. The molecule has 0 aromatic heterocycles. The van der Waals surface area contributed by atoms with E-state index >= 15 is 0 Å². The highest BCUT2D eigenvalue weighted by Gasteiger charge is 2.20. The van der Waals surface area contributed by atoms with Crippen molar-refractivity contribution in [3.05, 3.63) is 11.5 Å². The molecule has 2 unspecified atom stereocenters. The molecule has 6 nitrogen and oxygen atoms in total. The van der Waals surface area contributed by atoms with Crippen LogP contribution in [0.15, 0.2) is 11.5 Å². The number of nitrogens with one attached hydrogen (secondary N) is 2. The lowest BCUT2D eigenvalue weighted by Gasteiger charge is -2.26. The predicted molar refractivity (Wildman–Crippen MR) is 33.7 cm³/mol. The maximum Gasteiger partial charge on any atom is 0.184 e. The third kappa shape index (κ3) is 1.13. The van der Waals surface area contributed by atoms with Crippen molar-refractivity contribution in [2.45, 2.75) is 12.6 Å². The minimum Gasteiger partial charge on any atom is -0.396 e. The van der Waals surface area contributed by atoms with E-state index in [1.165, 1.54) is 0 Å². The number of nitrogens with two attached hydrogens (primary N) is 2. The molecule has 1 rings (SSSR count). The van der Waals surface area contributed by atoms with Crippen LogP contribution in [0.5, 0.6) is 0 Å². The van der Waals surface area contributed by atoms with Crippen LogP contribution in [0.4, 0.5) is 0 Å².